The van der Waals surface area contributed by atoms with Gasteiger partial charge >= 0.3 is 0 Å². The fourth-order valence-electron chi connectivity index (χ4n) is 1.73. The van der Waals surface area contributed by atoms with Crippen LogP contribution >= 0.6 is 0 Å². The molecule has 116 valence electrons. The van der Waals surface area contributed by atoms with Crippen LogP contribution in [0.4, 0.5) is 28.9 Å². The van der Waals surface area contributed by atoms with Crippen molar-refractivity contribution >= 4 is 17.3 Å². The third-order valence-corrected chi connectivity index (χ3v) is 2.89. The summed E-state index contributed by atoms with van der Waals surface area (Å²) in [6, 6.07) is 4.97. The molecule has 2 rings (SSSR count). The van der Waals surface area contributed by atoms with Gasteiger partial charge in [-0.3, -0.25) is 4.79 Å². The van der Waals surface area contributed by atoms with Crippen molar-refractivity contribution < 1.29 is 22.4 Å². The first-order chi connectivity index (χ1) is 10.4. The molecule has 3 nitrogen and oxygen atoms in total. The van der Waals surface area contributed by atoms with Gasteiger partial charge in [-0.15, -0.1) is 0 Å². The molecule has 0 aliphatic heterocycles. The summed E-state index contributed by atoms with van der Waals surface area (Å²) in [5.74, 6) is -4.34. The van der Waals surface area contributed by atoms with Crippen LogP contribution in [0.25, 0.3) is 0 Å². The lowest BCUT2D eigenvalue weighted by Gasteiger charge is -2.15. The second-order valence-electron chi connectivity index (χ2n) is 4.61. The molecule has 1 amide bonds. The van der Waals surface area contributed by atoms with Crippen molar-refractivity contribution in [3.8, 4) is 0 Å². The lowest BCUT2D eigenvalue weighted by Crippen LogP contribution is -2.32. The fourth-order valence-corrected chi connectivity index (χ4v) is 1.73. The van der Waals surface area contributed by atoms with E-state index in [0.29, 0.717) is 6.07 Å². The smallest absolute Gasteiger partial charge is 0.246 e. The van der Waals surface area contributed by atoms with Crippen molar-refractivity contribution in [1.29, 1.82) is 0 Å². The van der Waals surface area contributed by atoms with Gasteiger partial charge in [-0.2, -0.15) is 0 Å². The minimum atomic E-state index is -1.05. The van der Waals surface area contributed by atoms with E-state index in [9.17, 15) is 22.4 Å². The minimum absolute atomic E-state index is 0.176. The highest BCUT2D eigenvalue weighted by molar-refractivity contribution is 5.96. The number of carbonyl (C=O) groups is 1. The van der Waals surface area contributed by atoms with E-state index in [-0.39, 0.29) is 11.4 Å². The van der Waals surface area contributed by atoms with E-state index >= 15 is 0 Å². The van der Waals surface area contributed by atoms with Gasteiger partial charge in [-0.25, -0.2) is 17.6 Å². The number of halogens is 4. The number of nitrogens with one attached hydrogen (secondary N) is 2. The maximum absolute atomic E-state index is 13.4. The summed E-state index contributed by atoms with van der Waals surface area (Å²) in [4.78, 5) is 11.9. The average Bonchev–Trinajstić information content (AvgIpc) is 2.45. The molecule has 0 aromatic heterocycles. The first-order valence-corrected chi connectivity index (χ1v) is 6.34. The van der Waals surface area contributed by atoms with E-state index in [1.54, 1.807) is 0 Å². The number of amides is 1. The van der Waals surface area contributed by atoms with Crippen LogP contribution in [0.2, 0.25) is 0 Å². The van der Waals surface area contributed by atoms with Gasteiger partial charge in [0.15, 0.2) is 11.6 Å². The number of rotatable bonds is 4. The first kappa shape index (κ1) is 15.8. The van der Waals surface area contributed by atoms with Crippen LogP contribution in [0.3, 0.4) is 0 Å². The van der Waals surface area contributed by atoms with Gasteiger partial charge in [0.2, 0.25) is 5.91 Å². The Morgan fingerprint density at radius 1 is 0.955 bits per heavy atom. The molecule has 1 atom stereocenters. The summed E-state index contributed by atoms with van der Waals surface area (Å²) in [6.07, 6.45) is 0. The second-order valence-corrected chi connectivity index (χ2v) is 4.61. The molecule has 1 unspecified atom stereocenters. The van der Waals surface area contributed by atoms with Gasteiger partial charge in [0.05, 0.1) is 5.69 Å². The molecule has 2 aromatic carbocycles. The maximum atomic E-state index is 13.4. The van der Waals surface area contributed by atoms with Gasteiger partial charge in [0, 0.05) is 17.8 Å². The molecule has 0 saturated carbocycles. The Kier molecular flexibility index (Phi) is 4.65. The molecule has 22 heavy (non-hydrogen) atoms. The first-order valence-electron chi connectivity index (χ1n) is 6.34. The van der Waals surface area contributed by atoms with E-state index in [2.05, 4.69) is 10.6 Å². The van der Waals surface area contributed by atoms with E-state index in [4.69, 9.17) is 0 Å². The maximum Gasteiger partial charge on any atom is 0.246 e. The van der Waals surface area contributed by atoms with E-state index in [1.165, 1.54) is 13.0 Å². The third-order valence-electron chi connectivity index (χ3n) is 2.89. The Morgan fingerprint density at radius 3 is 2.32 bits per heavy atom. The Balaban J connectivity index is 2.04. The highest BCUT2D eigenvalue weighted by Gasteiger charge is 2.15. The lowest BCUT2D eigenvalue weighted by atomic mass is 10.2. The van der Waals surface area contributed by atoms with E-state index < -0.39 is 35.2 Å². The molecule has 0 saturated heterocycles. The van der Waals surface area contributed by atoms with Crippen LogP contribution in [-0.4, -0.2) is 11.9 Å². The van der Waals surface area contributed by atoms with Crippen molar-refractivity contribution in [2.24, 2.45) is 0 Å². The van der Waals surface area contributed by atoms with Crippen molar-refractivity contribution in [2.75, 3.05) is 10.6 Å². The van der Waals surface area contributed by atoms with Crippen molar-refractivity contribution in [3.05, 3.63) is 59.7 Å². The highest BCUT2D eigenvalue weighted by Crippen LogP contribution is 2.17. The fraction of sp³-hybridized carbons (Fsp3) is 0.133. The molecule has 7 heteroatoms. The SMILES string of the molecule is CC(Nc1ccc(F)c(F)c1)C(=O)Nc1ccc(F)cc1F. The largest absolute Gasteiger partial charge is 0.374 e. The lowest BCUT2D eigenvalue weighted by molar-refractivity contribution is -0.116. The quantitative estimate of drug-likeness (QED) is 0.846. The van der Waals surface area contributed by atoms with E-state index in [1.807, 2.05) is 0 Å². The number of benzene rings is 2. The predicted octanol–water partition coefficient (Wildman–Crippen LogP) is 3.68. The van der Waals surface area contributed by atoms with Crippen LogP contribution in [0.5, 0.6) is 0 Å². The molecule has 0 radical (unpaired) electrons. The summed E-state index contributed by atoms with van der Waals surface area (Å²) in [7, 11) is 0. The van der Waals surface area contributed by atoms with E-state index in [0.717, 1.165) is 24.3 Å². The summed E-state index contributed by atoms with van der Waals surface area (Å²) >= 11 is 0. The standard InChI is InChI=1S/C15H12F4N2O/c1-8(20-10-3-4-11(17)12(18)7-10)15(22)21-14-5-2-9(16)6-13(14)19/h2-8,20H,1H3,(H,21,22). The molecule has 2 aromatic rings. The number of hydrogen-bond acceptors (Lipinski definition) is 2. The molecule has 0 aliphatic carbocycles. The Bertz CT molecular complexity index is 706. The van der Waals surface area contributed by atoms with Crippen LogP contribution in [0, 0.1) is 23.3 Å². The second kappa shape index (κ2) is 6.46. The summed E-state index contributed by atoms with van der Waals surface area (Å²) in [5.41, 5.74) is 0.0199. The Morgan fingerprint density at radius 2 is 1.68 bits per heavy atom. The van der Waals surface area contributed by atoms with Gasteiger partial charge in [-0.1, -0.05) is 0 Å². The summed E-state index contributed by atoms with van der Waals surface area (Å²) in [5, 5.41) is 4.92. The molecular weight excluding hydrogens is 300 g/mol. The third kappa shape index (κ3) is 3.75. The molecular formula is C15H12F4N2O. The van der Waals surface area contributed by atoms with Crippen LogP contribution in [-0.2, 0) is 4.79 Å². The number of hydrogen-bond donors (Lipinski definition) is 2. The van der Waals surface area contributed by atoms with Crippen LogP contribution in [0.1, 0.15) is 6.92 Å². The summed E-state index contributed by atoms with van der Waals surface area (Å²) < 4.78 is 52.1. The number of carbonyl (C=O) groups excluding carboxylic acids is 1. The van der Waals surface area contributed by atoms with Crippen molar-refractivity contribution in [3.63, 3.8) is 0 Å². The van der Waals surface area contributed by atoms with Crippen LogP contribution < -0.4 is 10.6 Å². The molecule has 0 aliphatic rings. The predicted molar refractivity (Wildman–Crippen MR) is 74.4 cm³/mol. The molecule has 0 spiro atoms. The number of anilines is 2. The Hall–Kier alpha value is -2.57. The minimum Gasteiger partial charge on any atom is -0.374 e. The molecule has 0 bridgehead atoms. The summed E-state index contributed by atoms with van der Waals surface area (Å²) in [6.45, 7) is 1.46. The molecule has 0 heterocycles. The normalized spacial score (nSPS) is 11.9. The van der Waals surface area contributed by atoms with Crippen molar-refractivity contribution in [1.82, 2.24) is 0 Å². The monoisotopic (exact) mass is 312 g/mol. The van der Waals surface area contributed by atoms with Gasteiger partial charge < -0.3 is 10.6 Å². The Labute approximate surface area is 124 Å². The molecule has 2 N–H and O–H groups in total. The van der Waals surface area contributed by atoms with Gasteiger partial charge in [-0.05, 0) is 31.2 Å². The van der Waals surface area contributed by atoms with Crippen molar-refractivity contribution in [2.45, 2.75) is 13.0 Å². The highest BCUT2D eigenvalue weighted by atomic mass is 19.2. The topological polar surface area (TPSA) is 41.1 Å². The van der Waals surface area contributed by atoms with Gasteiger partial charge in [0.1, 0.15) is 17.7 Å². The zero-order valence-electron chi connectivity index (χ0n) is 11.5. The molecule has 0 fully saturated rings. The zero-order chi connectivity index (χ0) is 16.3. The zero-order valence-corrected chi connectivity index (χ0v) is 11.5. The van der Waals surface area contributed by atoms with Crippen LogP contribution in [0.15, 0.2) is 36.4 Å². The van der Waals surface area contributed by atoms with Gasteiger partial charge in [0.25, 0.3) is 0 Å². The average molecular weight is 312 g/mol.